The third-order valence-electron chi connectivity index (χ3n) is 2.78. The van der Waals surface area contributed by atoms with E-state index in [0.717, 1.165) is 17.1 Å². The summed E-state index contributed by atoms with van der Waals surface area (Å²) in [6, 6.07) is 19.3. The molecule has 1 heterocycles. The molecule has 0 atom stereocenters. The zero-order valence-corrected chi connectivity index (χ0v) is 9.63. The molecule has 2 N–H and O–H groups in total. The van der Waals surface area contributed by atoms with Gasteiger partial charge in [0, 0.05) is 0 Å². The summed E-state index contributed by atoms with van der Waals surface area (Å²) in [6.45, 7) is 0. The number of hydrogen-bond acceptors (Lipinski definition) is 1. The molecule has 0 fully saturated rings. The Morgan fingerprint density at radius 2 is 1.50 bits per heavy atom. The lowest BCUT2D eigenvalue weighted by Gasteiger charge is -1.97. The number of rotatable bonds is 2. The highest BCUT2D eigenvalue weighted by Crippen LogP contribution is 2.15. The number of aromatic amines is 2. The molecule has 0 bridgehead atoms. The fraction of sp³-hybridized carbons (Fsp3) is 0. The van der Waals surface area contributed by atoms with Crippen LogP contribution in [0.15, 0.2) is 65.5 Å². The molecule has 0 radical (unpaired) electrons. The van der Waals surface area contributed by atoms with Gasteiger partial charge in [0.1, 0.15) is 5.69 Å². The molecule has 4 heteroatoms. The first-order valence-electron chi connectivity index (χ1n) is 5.70. The summed E-state index contributed by atoms with van der Waals surface area (Å²) < 4.78 is 1.62. The van der Waals surface area contributed by atoms with Crippen molar-refractivity contribution in [2.75, 3.05) is 0 Å². The minimum atomic E-state index is -0.181. The zero-order valence-electron chi connectivity index (χ0n) is 9.63. The molecule has 0 amide bonds. The van der Waals surface area contributed by atoms with Gasteiger partial charge in [-0.3, -0.25) is 0 Å². The van der Waals surface area contributed by atoms with Crippen molar-refractivity contribution in [2.45, 2.75) is 0 Å². The molecular weight excluding hydrogens is 226 g/mol. The van der Waals surface area contributed by atoms with Gasteiger partial charge in [-0.25, -0.2) is 4.79 Å². The van der Waals surface area contributed by atoms with Gasteiger partial charge in [0.2, 0.25) is 0 Å². The lowest BCUT2D eigenvalue weighted by molar-refractivity contribution is -0.440. The normalized spacial score (nSPS) is 10.4. The molecule has 0 unspecified atom stereocenters. The molecule has 3 rings (SSSR count). The lowest BCUT2D eigenvalue weighted by Crippen LogP contribution is -2.15. The summed E-state index contributed by atoms with van der Waals surface area (Å²) in [7, 11) is 0. The summed E-state index contributed by atoms with van der Waals surface area (Å²) in [5.74, 6) is 0.742. The van der Waals surface area contributed by atoms with Gasteiger partial charge >= 0.3 is 11.5 Å². The Hall–Kier alpha value is -2.62. The third kappa shape index (κ3) is 1.73. The highest BCUT2D eigenvalue weighted by Gasteiger charge is 2.19. The summed E-state index contributed by atoms with van der Waals surface area (Å²) in [5.41, 5.74) is 1.61. The number of nitrogens with zero attached hydrogens (tertiary/aromatic N) is 1. The maximum atomic E-state index is 11.9. The van der Waals surface area contributed by atoms with Crippen LogP contribution in [-0.4, -0.2) is 9.67 Å². The standard InChI is InChI=1S/C14H11N3O/c18-14-16-15-13(11-7-3-1-4-8-11)17(14)12-9-5-2-6-10-12/h1-10H,(H,16,18)/p+1. The Bertz CT molecular complexity index is 699. The molecule has 0 spiro atoms. The number of hydrogen-bond donors (Lipinski definition) is 1. The van der Waals surface area contributed by atoms with Gasteiger partial charge in [0.05, 0.1) is 5.56 Å². The number of benzene rings is 2. The van der Waals surface area contributed by atoms with Gasteiger partial charge in [-0.1, -0.05) is 36.4 Å². The molecule has 0 saturated carbocycles. The van der Waals surface area contributed by atoms with Crippen LogP contribution in [-0.2, 0) is 0 Å². The van der Waals surface area contributed by atoms with Crippen LogP contribution in [0.3, 0.4) is 0 Å². The van der Waals surface area contributed by atoms with Crippen LogP contribution in [0, 0.1) is 0 Å². The predicted octanol–water partition coefficient (Wildman–Crippen LogP) is 1.65. The number of H-pyrrole nitrogens is 2. The molecule has 2 aromatic carbocycles. The zero-order chi connectivity index (χ0) is 12.4. The van der Waals surface area contributed by atoms with Gasteiger partial charge in [-0.05, 0) is 24.3 Å². The van der Waals surface area contributed by atoms with Gasteiger partial charge in [0.15, 0.2) is 0 Å². The molecule has 4 nitrogen and oxygen atoms in total. The molecule has 18 heavy (non-hydrogen) atoms. The third-order valence-corrected chi connectivity index (χ3v) is 2.78. The highest BCUT2D eigenvalue weighted by atomic mass is 16.1. The average Bonchev–Trinajstić information content (AvgIpc) is 2.83. The molecule has 0 saturated heterocycles. The van der Waals surface area contributed by atoms with Gasteiger partial charge < -0.3 is 0 Å². The monoisotopic (exact) mass is 238 g/mol. The van der Waals surface area contributed by atoms with Crippen LogP contribution in [0.4, 0.5) is 0 Å². The van der Waals surface area contributed by atoms with E-state index in [4.69, 9.17) is 0 Å². The van der Waals surface area contributed by atoms with Crippen LogP contribution in [0.1, 0.15) is 0 Å². The Morgan fingerprint density at radius 1 is 0.889 bits per heavy atom. The van der Waals surface area contributed by atoms with Crippen LogP contribution in [0.2, 0.25) is 0 Å². The van der Waals surface area contributed by atoms with Crippen molar-refractivity contribution in [3.05, 3.63) is 71.1 Å². The smallest absolute Gasteiger partial charge is 0.216 e. The van der Waals surface area contributed by atoms with Crippen molar-refractivity contribution in [3.8, 4) is 17.1 Å². The van der Waals surface area contributed by atoms with E-state index < -0.39 is 0 Å². The fourth-order valence-electron chi connectivity index (χ4n) is 1.95. The van der Waals surface area contributed by atoms with Crippen molar-refractivity contribution < 1.29 is 5.10 Å². The lowest BCUT2D eigenvalue weighted by atomic mass is 10.2. The Kier molecular flexibility index (Phi) is 2.53. The molecule has 0 aliphatic rings. The van der Waals surface area contributed by atoms with E-state index in [-0.39, 0.29) is 5.69 Å². The first kappa shape index (κ1) is 10.5. The first-order valence-corrected chi connectivity index (χ1v) is 5.70. The van der Waals surface area contributed by atoms with Gasteiger partial charge in [0.25, 0.3) is 0 Å². The van der Waals surface area contributed by atoms with Crippen molar-refractivity contribution in [1.29, 1.82) is 0 Å². The second-order valence-corrected chi connectivity index (χ2v) is 3.94. The van der Waals surface area contributed by atoms with Crippen molar-refractivity contribution >= 4 is 0 Å². The number of nitrogens with one attached hydrogen (secondary N) is 2. The second-order valence-electron chi connectivity index (χ2n) is 3.94. The van der Waals surface area contributed by atoms with Crippen LogP contribution in [0.5, 0.6) is 0 Å². The molecule has 1 aromatic heterocycles. The predicted molar refractivity (Wildman–Crippen MR) is 68.4 cm³/mol. The van der Waals surface area contributed by atoms with E-state index in [1.165, 1.54) is 0 Å². The molecule has 3 aromatic rings. The number of para-hydroxylation sites is 1. The average molecular weight is 238 g/mol. The van der Waals surface area contributed by atoms with E-state index >= 15 is 0 Å². The maximum Gasteiger partial charge on any atom is 0.449 e. The SMILES string of the molecule is O=c1[nH][nH+]c(-c2ccccc2)n1-c1ccccc1. The van der Waals surface area contributed by atoms with Crippen molar-refractivity contribution in [1.82, 2.24) is 9.67 Å². The summed E-state index contributed by atoms with van der Waals surface area (Å²) in [6.07, 6.45) is 0. The summed E-state index contributed by atoms with van der Waals surface area (Å²) >= 11 is 0. The van der Waals surface area contributed by atoms with Crippen LogP contribution >= 0.6 is 0 Å². The number of aromatic nitrogens is 3. The van der Waals surface area contributed by atoms with E-state index in [2.05, 4.69) is 10.2 Å². The van der Waals surface area contributed by atoms with Crippen molar-refractivity contribution in [3.63, 3.8) is 0 Å². The quantitative estimate of drug-likeness (QED) is 0.725. The second kappa shape index (κ2) is 4.33. The molecular formula is C14H12N3O+. The Labute approximate surface area is 104 Å². The summed E-state index contributed by atoms with van der Waals surface area (Å²) in [5, 5.41) is 5.53. The van der Waals surface area contributed by atoms with E-state index in [9.17, 15) is 4.79 Å². The van der Waals surface area contributed by atoms with Gasteiger partial charge in [-0.15, -0.1) is 4.57 Å². The van der Waals surface area contributed by atoms with E-state index in [1.807, 2.05) is 60.7 Å². The topological polar surface area (TPSA) is 51.9 Å². The Morgan fingerprint density at radius 3 is 2.17 bits per heavy atom. The van der Waals surface area contributed by atoms with Gasteiger partial charge in [-0.2, -0.15) is 10.2 Å². The molecule has 88 valence electrons. The van der Waals surface area contributed by atoms with E-state index in [1.54, 1.807) is 4.57 Å². The first-order chi connectivity index (χ1) is 8.86. The minimum absolute atomic E-state index is 0.181. The van der Waals surface area contributed by atoms with Crippen LogP contribution in [0.25, 0.3) is 17.1 Å². The van der Waals surface area contributed by atoms with Crippen LogP contribution < -0.4 is 10.8 Å². The Balaban J connectivity index is 2.23. The van der Waals surface area contributed by atoms with Crippen molar-refractivity contribution in [2.24, 2.45) is 0 Å². The molecule has 0 aliphatic carbocycles. The summed E-state index contributed by atoms with van der Waals surface area (Å²) in [4.78, 5) is 11.9. The minimum Gasteiger partial charge on any atom is -0.216 e. The van der Waals surface area contributed by atoms with E-state index in [0.29, 0.717) is 0 Å². The maximum absolute atomic E-state index is 11.9. The highest BCUT2D eigenvalue weighted by molar-refractivity contribution is 5.54. The molecule has 0 aliphatic heterocycles. The fourth-order valence-corrected chi connectivity index (χ4v) is 1.95. The largest absolute Gasteiger partial charge is 0.449 e.